The van der Waals surface area contributed by atoms with Gasteiger partial charge in [0.15, 0.2) is 0 Å². The van der Waals surface area contributed by atoms with E-state index in [0.29, 0.717) is 11.6 Å². The molecule has 6 heteroatoms. The van der Waals surface area contributed by atoms with Crippen molar-refractivity contribution in [3.05, 3.63) is 142 Å². The van der Waals surface area contributed by atoms with Gasteiger partial charge in [0, 0.05) is 28.2 Å². The standard InChI is InChI=1S/C32H27ClN2O3/c1-21-27(19-30(36)34-20-22-12-14-25(15-13-22)32(37)38)28-18-26(33)16-17-29(28)35(21)31(23-8-4-2-5-9-23)24-10-6-3-7-11-24/h2-18,31H,19-20H2,1H3,(H,34,36)(H,37,38). The second kappa shape index (κ2) is 11.0. The maximum Gasteiger partial charge on any atom is 0.335 e. The Morgan fingerprint density at radius 3 is 2.05 bits per heavy atom. The van der Waals surface area contributed by atoms with Gasteiger partial charge in [0.1, 0.15) is 0 Å². The van der Waals surface area contributed by atoms with Crippen LogP contribution in [0.2, 0.25) is 5.02 Å². The van der Waals surface area contributed by atoms with E-state index >= 15 is 0 Å². The lowest BCUT2D eigenvalue weighted by atomic mass is 9.98. The Labute approximate surface area is 226 Å². The number of carbonyl (C=O) groups excluding carboxylic acids is 1. The van der Waals surface area contributed by atoms with Crippen LogP contribution in [0.4, 0.5) is 0 Å². The van der Waals surface area contributed by atoms with Gasteiger partial charge in [-0.15, -0.1) is 0 Å². The molecule has 0 spiro atoms. The number of aromatic carboxylic acids is 1. The first kappa shape index (κ1) is 25.3. The third kappa shape index (κ3) is 5.20. The second-order valence-electron chi connectivity index (χ2n) is 9.27. The van der Waals surface area contributed by atoms with E-state index in [1.165, 1.54) is 12.1 Å². The fourth-order valence-electron chi connectivity index (χ4n) is 4.99. The quantitative estimate of drug-likeness (QED) is 0.235. The van der Waals surface area contributed by atoms with Crippen LogP contribution < -0.4 is 5.32 Å². The van der Waals surface area contributed by atoms with Crippen molar-refractivity contribution >= 4 is 34.4 Å². The summed E-state index contributed by atoms with van der Waals surface area (Å²) in [4.78, 5) is 24.2. The Kier molecular flexibility index (Phi) is 7.29. The van der Waals surface area contributed by atoms with Crippen molar-refractivity contribution in [2.45, 2.75) is 25.9 Å². The first-order valence-corrected chi connectivity index (χ1v) is 12.8. The van der Waals surface area contributed by atoms with Crippen LogP contribution in [0.3, 0.4) is 0 Å². The molecular formula is C32H27ClN2O3. The van der Waals surface area contributed by atoms with Gasteiger partial charge in [-0.05, 0) is 59.5 Å². The maximum atomic E-state index is 13.1. The van der Waals surface area contributed by atoms with E-state index in [1.807, 2.05) is 54.6 Å². The summed E-state index contributed by atoms with van der Waals surface area (Å²) in [7, 11) is 0. The number of nitrogens with zero attached hydrogens (tertiary/aromatic N) is 1. The molecule has 0 saturated carbocycles. The Hall–Kier alpha value is -4.35. The van der Waals surface area contributed by atoms with E-state index in [2.05, 4.69) is 41.1 Å². The summed E-state index contributed by atoms with van der Waals surface area (Å²) in [5.41, 5.74) is 6.28. The van der Waals surface area contributed by atoms with Crippen LogP contribution in [-0.2, 0) is 17.8 Å². The minimum atomic E-state index is -0.976. The van der Waals surface area contributed by atoms with Crippen LogP contribution in [0.25, 0.3) is 10.9 Å². The Morgan fingerprint density at radius 1 is 0.868 bits per heavy atom. The molecule has 190 valence electrons. The summed E-state index contributed by atoms with van der Waals surface area (Å²) in [6, 6.07) is 33.0. The van der Waals surface area contributed by atoms with E-state index in [0.717, 1.165) is 38.9 Å². The molecule has 0 unspecified atom stereocenters. The minimum absolute atomic E-state index is 0.0781. The number of carboxylic acids is 1. The average molecular weight is 523 g/mol. The second-order valence-corrected chi connectivity index (χ2v) is 9.71. The summed E-state index contributed by atoms with van der Waals surface area (Å²) in [5.74, 6) is -1.10. The summed E-state index contributed by atoms with van der Waals surface area (Å²) < 4.78 is 2.30. The predicted octanol–water partition coefficient (Wildman–Crippen LogP) is 6.80. The number of hydrogen-bond acceptors (Lipinski definition) is 2. The lowest BCUT2D eigenvalue weighted by Crippen LogP contribution is -2.25. The zero-order chi connectivity index (χ0) is 26.6. The molecule has 5 aromatic rings. The highest BCUT2D eigenvalue weighted by molar-refractivity contribution is 6.31. The molecule has 1 heterocycles. The van der Waals surface area contributed by atoms with E-state index in [-0.39, 0.29) is 23.9 Å². The number of carbonyl (C=O) groups is 2. The number of nitrogens with one attached hydrogen (secondary N) is 1. The summed E-state index contributed by atoms with van der Waals surface area (Å²) >= 11 is 6.43. The topological polar surface area (TPSA) is 71.3 Å². The molecule has 0 saturated heterocycles. The maximum absolute atomic E-state index is 13.1. The zero-order valence-electron chi connectivity index (χ0n) is 20.9. The molecule has 1 amide bonds. The molecule has 0 aliphatic heterocycles. The average Bonchev–Trinajstić information content (AvgIpc) is 3.19. The van der Waals surface area contributed by atoms with Crippen molar-refractivity contribution in [1.82, 2.24) is 9.88 Å². The monoisotopic (exact) mass is 522 g/mol. The third-order valence-electron chi connectivity index (χ3n) is 6.86. The van der Waals surface area contributed by atoms with Crippen molar-refractivity contribution in [3.8, 4) is 0 Å². The predicted molar refractivity (Wildman–Crippen MR) is 151 cm³/mol. The smallest absolute Gasteiger partial charge is 0.335 e. The Morgan fingerprint density at radius 2 is 1.47 bits per heavy atom. The van der Waals surface area contributed by atoms with Crippen LogP contribution in [0, 0.1) is 6.92 Å². The van der Waals surface area contributed by atoms with Crippen LogP contribution in [0.5, 0.6) is 0 Å². The van der Waals surface area contributed by atoms with Crippen molar-refractivity contribution < 1.29 is 14.7 Å². The first-order valence-electron chi connectivity index (χ1n) is 12.4. The Balaban J connectivity index is 1.51. The summed E-state index contributed by atoms with van der Waals surface area (Å²) in [6.45, 7) is 2.37. The molecule has 38 heavy (non-hydrogen) atoms. The number of amides is 1. The highest BCUT2D eigenvalue weighted by Gasteiger charge is 2.24. The molecule has 0 aliphatic rings. The van der Waals surface area contributed by atoms with Gasteiger partial charge >= 0.3 is 5.97 Å². The number of aromatic nitrogens is 1. The molecule has 2 N–H and O–H groups in total. The van der Waals surface area contributed by atoms with Crippen LogP contribution in [-0.4, -0.2) is 21.6 Å². The summed E-state index contributed by atoms with van der Waals surface area (Å²) in [6.07, 6.45) is 0.194. The van der Waals surface area contributed by atoms with Crippen LogP contribution in [0.1, 0.15) is 44.3 Å². The largest absolute Gasteiger partial charge is 0.478 e. The molecule has 1 aromatic heterocycles. The number of hydrogen-bond donors (Lipinski definition) is 2. The molecule has 5 nitrogen and oxygen atoms in total. The zero-order valence-corrected chi connectivity index (χ0v) is 21.7. The van der Waals surface area contributed by atoms with Gasteiger partial charge in [0.05, 0.1) is 18.0 Å². The molecule has 0 atom stereocenters. The number of carboxylic acid groups (broad SMARTS) is 1. The van der Waals surface area contributed by atoms with E-state index in [9.17, 15) is 9.59 Å². The SMILES string of the molecule is Cc1c(CC(=O)NCc2ccc(C(=O)O)cc2)c2cc(Cl)ccc2n1C(c1ccccc1)c1ccccc1. The van der Waals surface area contributed by atoms with E-state index in [1.54, 1.807) is 12.1 Å². The van der Waals surface area contributed by atoms with Gasteiger partial charge in [-0.1, -0.05) is 84.4 Å². The Bertz CT molecular complexity index is 1550. The first-order chi connectivity index (χ1) is 18.4. The molecule has 0 bridgehead atoms. The van der Waals surface area contributed by atoms with Crippen molar-refractivity contribution in [3.63, 3.8) is 0 Å². The number of benzene rings is 4. The van der Waals surface area contributed by atoms with Crippen LogP contribution >= 0.6 is 11.6 Å². The summed E-state index contributed by atoms with van der Waals surface area (Å²) in [5, 5.41) is 13.6. The lowest BCUT2D eigenvalue weighted by Gasteiger charge is -2.23. The van der Waals surface area contributed by atoms with Gasteiger partial charge in [0.2, 0.25) is 5.91 Å². The van der Waals surface area contributed by atoms with Gasteiger partial charge in [-0.2, -0.15) is 0 Å². The molecular weight excluding hydrogens is 496 g/mol. The fraction of sp³-hybridized carbons (Fsp3) is 0.125. The number of fused-ring (bicyclic) bond motifs is 1. The van der Waals surface area contributed by atoms with E-state index < -0.39 is 5.97 Å². The van der Waals surface area contributed by atoms with Gasteiger partial charge in [-0.3, -0.25) is 4.79 Å². The van der Waals surface area contributed by atoms with Crippen LogP contribution in [0.15, 0.2) is 103 Å². The van der Waals surface area contributed by atoms with Crippen molar-refractivity contribution in [2.75, 3.05) is 0 Å². The van der Waals surface area contributed by atoms with Gasteiger partial charge < -0.3 is 15.0 Å². The molecule has 0 radical (unpaired) electrons. The normalized spacial score (nSPS) is 11.1. The molecule has 4 aromatic carbocycles. The van der Waals surface area contributed by atoms with E-state index in [4.69, 9.17) is 16.7 Å². The van der Waals surface area contributed by atoms with Crippen molar-refractivity contribution in [1.29, 1.82) is 0 Å². The van der Waals surface area contributed by atoms with Crippen molar-refractivity contribution in [2.24, 2.45) is 0 Å². The third-order valence-corrected chi connectivity index (χ3v) is 7.09. The minimum Gasteiger partial charge on any atom is -0.478 e. The lowest BCUT2D eigenvalue weighted by molar-refractivity contribution is -0.120. The fourth-order valence-corrected chi connectivity index (χ4v) is 5.16. The molecule has 0 fully saturated rings. The highest BCUT2D eigenvalue weighted by Crippen LogP contribution is 2.37. The highest BCUT2D eigenvalue weighted by atomic mass is 35.5. The van der Waals surface area contributed by atoms with Gasteiger partial charge in [-0.25, -0.2) is 4.79 Å². The molecule has 0 aliphatic carbocycles. The molecule has 5 rings (SSSR count). The number of rotatable bonds is 8. The number of halogens is 1. The van der Waals surface area contributed by atoms with Gasteiger partial charge in [0.25, 0.3) is 0 Å².